The Hall–Kier alpha value is -2.80. The minimum atomic E-state index is 0.443. The highest BCUT2D eigenvalue weighted by Gasteiger charge is 2.08. The number of hydrogen-bond acceptors (Lipinski definition) is 4. The van der Waals surface area contributed by atoms with Gasteiger partial charge in [-0.25, -0.2) is 9.67 Å². The first kappa shape index (κ1) is 19.9. The summed E-state index contributed by atoms with van der Waals surface area (Å²) in [7, 11) is 1.66. The van der Waals surface area contributed by atoms with Crippen LogP contribution in [-0.2, 0) is 6.54 Å². The lowest BCUT2D eigenvalue weighted by molar-refractivity contribution is 0.414. The van der Waals surface area contributed by atoms with Crippen LogP contribution in [0.15, 0.2) is 59.0 Å². The van der Waals surface area contributed by atoms with Crippen molar-refractivity contribution in [2.75, 3.05) is 20.2 Å². The molecule has 3 rings (SSSR count). The first-order valence-electron chi connectivity index (χ1n) is 9.44. The van der Waals surface area contributed by atoms with Crippen molar-refractivity contribution < 1.29 is 4.74 Å². The smallest absolute Gasteiger partial charge is 0.191 e. The van der Waals surface area contributed by atoms with E-state index in [-0.39, 0.29) is 0 Å². The second kappa shape index (κ2) is 9.94. The number of rotatable bonds is 8. The number of ether oxygens (including phenoxy) is 1. The van der Waals surface area contributed by atoms with Crippen LogP contribution in [0.25, 0.3) is 5.69 Å². The van der Waals surface area contributed by atoms with Crippen LogP contribution in [0.5, 0.6) is 5.75 Å². The predicted molar refractivity (Wildman–Crippen MR) is 116 cm³/mol. The third kappa shape index (κ3) is 5.36. The molecular weight excluding hydrogens is 370 g/mol. The molecule has 0 saturated heterocycles. The topological polar surface area (TPSA) is 63.5 Å². The van der Waals surface area contributed by atoms with Gasteiger partial charge in [0.1, 0.15) is 5.75 Å². The standard InChI is InChI=1S/C21H27N5OS/c1-4-22-21(23-14-16(2)20-6-5-13-28-20)24-15-17-11-12-26(25-17)18-7-9-19(27-3)10-8-18/h5-13,16H,4,14-15H2,1-3H3,(H2,22,23,24). The average Bonchev–Trinajstić information content (AvgIpc) is 3.42. The lowest BCUT2D eigenvalue weighted by atomic mass is 10.1. The zero-order chi connectivity index (χ0) is 19.8. The lowest BCUT2D eigenvalue weighted by Crippen LogP contribution is -2.39. The Kier molecular flexibility index (Phi) is 7.08. The van der Waals surface area contributed by atoms with E-state index in [1.54, 1.807) is 18.4 Å². The Labute approximate surface area is 170 Å². The van der Waals surface area contributed by atoms with E-state index in [0.717, 1.165) is 36.2 Å². The van der Waals surface area contributed by atoms with Gasteiger partial charge in [0, 0.05) is 30.1 Å². The van der Waals surface area contributed by atoms with Crippen LogP contribution < -0.4 is 15.4 Å². The van der Waals surface area contributed by atoms with Gasteiger partial charge in [-0.1, -0.05) is 13.0 Å². The quantitative estimate of drug-likeness (QED) is 0.448. The number of benzene rings is 1. The van der Waals surface area contributed by atoms with E-state index in [0.29, 0.717) is 12.5 Å². The molecule has 28 heavy (non-hydrogen) atoms. The summed E-state index contributed by atoms with van der Waals surface area (Å²) in [6.45, 7) is 6.47. The molecule has 0 aliphatic carbocycles. The molecule has 2 heterocycles. The monoisotopic (exact) mass is 397 g/mol. The van der Waals surface area contributed by atoms with Crippen LogP contribution in [0.3, 0.4) is 0 Å². The van der Waals surface area contributed by atoms with E-state index in [2.05, 4.69) is 52.1 Å². The van der Waals surface area contributed by atoms with Crippen molar-refractivity contribution >= 4 is 17.3 Å². The van der Waals surface area contributed by atoms with Crippen LogP contribution >= 0.6 is 11.3 Å². The minimum Gasteiger partial charge on any atom is -0.497 e. The van der Waals surface area contributed by atoms with Gasteiger partial charge in [0.15, 0.2) is 5.96 Å². The molecule has 2 N–H and O–H groups in total. The first-order valence-corrected chi connectivity index (χ1v) is 10.3. The number of thiophene rings is 1. The normalized spacial score (nSPS) is 12.6. The summed E-state index contributed by atoms with van der Waals surface area (Å²) in [5.74, 6) is 2.09. The van der Waals surface area contributed by atoms with Crippen LogP contribution in [0, 0.1) is 0 Å². The highest BCUT2D eigenvalue weighted by atomic mass is 32.1. The molecule has 3 aromatic rings. The number of hydrogen-bond donors (Lipinski definition) is 2. The molecular formula is C21H27N5OS. The molecule has 6 nitrogen and oxygen atoms in total. The van der Waals surface area contributed by atoms with Crippen molar-refractivity contribution in [3.63, 3.8) is 0 Å². The zero-order valence-electron chi connectivity index (χ0n) is 16.6. The number of aliphatic imine (C=N–C) groups is 1. The summed E-state index contributed by atoms with van der Waals surface area (Å²) >= 11 is 1.79. The van der Waals surface area contributed by atoms with Gasteiger partial charge < -0.3 is 15.4 Å². The number of aromatic nitrogens is 2. The molecule has 0 radical (unpaired) electrons. The molecule has 7 heteroatoms. The summed E-state index contributed by atoms with van der Waals surface area (Å²) in [6, 6.07) is 14.1. The van der Waals surface area contributed by atoms with Crippen molar-refractivity contribution in [3.05, 3.63) is 64.6 Å². The maximum atomic E-state index is 5.20. The van der Waals surface area contributed by atoms with E-state index in [4.69, 9.17) is 4.74 Å². The molecule has 0 bridgehead atoms. The molecule has 0 aliphatic rings. The first-order chi connectivity index (χ1) is 13.7. The van der Waals surface area contributed by atoms with E-state index in [1.807, 2.05) is 41.2 Å². The predicted octanol–water partition coefficient (Wildman–Crippen LogP) is 3.80. The van der Waals surface area contributed by atoms with E-state index in [9.17, 15) is 0 Å². The molecule has 1 atom stereocenters. The SMILES string of the molecule is CCNC(=NCc1ccn(-c2ccc(OC)cc2)n1)NCC(C)c1cccs1. The van der Waals surface area contributed by atoms with Gasteiger partial charge >= 0.3 is 0 Å². The largest absolute Gasteiger partial charge is 0.497 e. The summed E-state index contributed by atoms with van der Waals surface area (Å²) < 4.78 is 7.05. The zero-order valence-corrected chi connectivity index (χ0v) is 17.4. The Balaban J connectivity index is 1.60. The second-order valence-corrected chi connectivity index (χ2v) is 7.42. The van der Waals surface area contributed by atoms with Crippen molar-refractivity contribution in [1.29, 1.82) is 0 Å². The van der Waals surface area contributed by atoms with Crippen molar-refractivity contribution in [2.45, 2.75) is 26.3 Å². The van der Waals surface area contributed by atoms with Crippen molar-refractivity contribution in [1.82, 2.24) is 20.4 Å². The van der Waals surface area contributed by atoms with E-state index in [1.165, 1.54) is 4.88 Å². The highest BCUT2D eigenvalue weighted by molar-refractivity contribution is 7.10. The average molecular weight is 398 g/mol. The number of methoxy groups -OCH3 is 1. The Morgan fingerprint density at radius 2 is 2.04 bits per heavy atom. The number of guanidine groups is 1. The van der Waals surface area contributed by atoms with Gasteiger partial charge in [0.05, 0.1) is 25.0 Å². The van der Waals surface area contributed by atoms with Gasteiger partial charge in [0.2, 0.25) is 0 Å². The summed E-state index contributed by atoms with van der Waals surface area (Å²) in [6.07, 6.45) is 1.95. The summed E-state index contributed by atoms with van der Waals surface area (Å²) in [5.41, 5.74) is 1.91. The fraction of sp³-hybridized carbons (Fsp3) is 0.333. The molecule has 1 unspecified atom stereocenters. The molecule has 2 aromatic heterocycles. The maximum Gasteiger partial charge on any atom is 0.191 e. The van der Waals surface area contributed by atoms with Crippen molar-refractivity contribution in [3.8, 4) is 11.4 Å². The summed E-state index contributed by atoms with van der Waals surface area (Å²) in [5, 5.41) is 13.5. The fourth-order valence-electron chi connectivity index (χ4n) is 2.75. The van der Waals surface area contributed by atoms with Crippen LogP contribution in [0.4, 0.5) is 0 Å². The fourth-order valence-corrected chi connectivity index (χ4v) is 3.54. The van der Waals surface area contributed by atoms with Crippen LogP contribution in [0.2, 0.25) is 0 Å². The highest BCUT2D eigenvalue weighted by Crippen LogP contribution is 2.19. The number of nitrogens with one attached hydrogen (secondary N) is 2. The van der Waals surface area contributed by atoms with Crippen LogP contribution in [-0.4, -0.2) is 35.9 Å². The molecule has 1 aromatic carbocycles. The van der Waals surface area contributed by atoms with Crippen molar-refractivity contribution in [2.24, 2.45) is 4.99 Å². The Morgan fingerprint density at radius 3 is 2.71 bits per heavy atom. The molecule has 0 fully saturated rings. The van der Waals surface area contributed by atoms with Gasteiger partial charge in [-0.15, -0.1) is 11.3 Å². The Bertz CT molecular complexity index is 871. The maximum absolute atomic E-state index is 5.20. The third-order valence-electron chi connectivity index (χ3n) is 4.33. The van der Waals surface area contributed by atoms with Gasteiger partial charge in [-0.2, -0.15) is 5.10 Å². The van der Waals surface area contributed by atoms with Gasteiger partial charge in [-0.05, 0) is 48.7 Å². The molecule has 0 spiro atoms. The van der Waals surface area contributed by atoms with Crippen LogP contribution in [0.1, 0.15) is 30.3 Å². The molecule has 0 amide bonds. The second-order valence-electron chi connectivity index (χ2n) is 6.44. The Morgan fingerprint density at radius 1 is 1.21 bits per heavy atom. The molecule has 148 valence electrons. The summed E-state index contributed by atoms with van der Waals surface area (Å²) in [4.78, 5) is 6.05. The molecule has 0 saturated carbocycles. The molecule has 0 aliphatic heterocycles. The van der Waals surface area contributed by atoms with E-state index >= 15 is 0 Å². The third-order valence-corrected chi connectivity index (χ3v) is 5.43. The number of nitrogens with zero attached hydrogens (tertiary/aromatic N) is 3. The lowest BCUT2D eigenvalue weighted by Gasteiger charge is -2.14. The van der Waals surface area contributed by atoms with Gasteiger partial charge in [0.25, 0.3) is 0 Å². The van der Waals surface area contributed by atoms with E-state index < -0.39 is 0 Å². The van der Waals surface area contributed by atoms with Gasteiger partial charge in [-0.3, -0.25) is 0 Å². The minimum absolute atomic E-state index is 0.443.